The molecule has 0 radical (unpaired) electrons. The third-order valence-corrected chi connectivity index (χ3v) is 12.3. The Labute approximate surface area is 343 Å². The summed E-state index contributed by atoms with van der Waals surface area (Å²) in [6.07, 6.45) is 0. The second kappa shape index (κ2) is 19.1. The molecule has 0 bridgehead atoms. The Morgan fingerprint density at radius 3 is 2.26 bits per heavy atom. The summed E-state index contributed by atoms with van der Waals surface area (Å²) >= 11 is 4.36. The Morgan fingerprint density at radius 2 is 1.66 bits per heavy atom. The number of fused-ring (bicyclic) bond motifs is 1. The Hall–Kier alpha value is -5.80. The van der Waals surface area contributed by atoms with Gasteiger partial charge >= 0.3 is 23.9 Å². The molecule has 3 aliphatic rings. The maximum atomic E-state index is 13.4. The molecule has 23 nitrogen and oxygen atoms in total. The zero-order valence-corrected chi connectivity index (χ0v) is 33.9. The first-order chi connectivity index (χ1) is 27.7. The van der Waals surface area contributed by atoms with Gasteiger partial charge in [0.1, 0.15) is 60.4 Å². The average molecular weight is 883 g/mol. The fourth-order valence-corrected chi connectivity index (χ4v) is 9.41. The molecule has 0 spiro atoms. The van der Waals surface area contributed by atoms with Gasteiger partial charge in [-0.1, -0.05) is 10.3 Å². The van der Waals surface area contributed by atoms with Gasteiger partial charge in [0.25, 0.3) is 17.7 Å². The summed E-state index contributed by atoms with van der Waals surface area (Å²) in [7, 11) is 3.50. The maximum Gasteiger partial charge on any atom is 0.352 e. The normalized spacial score (nSPS) is 21.1. The number of nitrogen functional groups attached to an aromatic ring is 1. The highest BCUT2D eigenvalue weighted by Gasteiger charge is 2.54. The second-order valence-corrected chi connectivity index (χ2v) is 15.9. The number of carbonyl (C=O) groups is 7. The summed E-state index contributed by atoms with van der Waals surface area (Å²) in [5, 5.41) is 36.9. The van der Waals surface area contributed by atoms with E-state index < -0.39 is 70.3 Å². The number of carboxylic acid groups (broad SMARTS) is 2. The molecule has 1 fully saturated rings. The van der Waals surface area contributed by atoms with E-state index in [2.05, 4.69) is 41.2 Å². The lowest BCUT2D eigenvalue weighted by Gasteiger charge is -2.49. The zero-order chi connectivity index (χ0) is 42.3. The van der Waals surface area contributed by atoms with E-state index in [0.717, 1.165) is 46.4 Å². The first-order valence-corrected chi connectivity index (χ1v) is 20.3. The molecule has 3 aliphatic heterocycles. The van der Waals surface area contributed by atoms with Gasteiger partial charge in [0, 0.05) is 47.2 Å². The smallest absolute Gasteiger partial charge is 0.352 e. The Morgan fingerprint density at radius 1 is 0.983 bits per heavy atom. The summed E-state index contributed by atoms with van der Waals surface area (Å²) in [4.78, 5) is 112. The number of oxime groups is 2. The number of aliphatic carboxylic acids is 2. The number of thiazole rings is 2. The highest BCUT2D eigenvalue weighted by Crippen LogP contribution is 2.40. The molecule has 3 amide bonds. The number of carboxylic acids is 2. The van der Waals surface area contributed by atoms with Crippen LogP contribution in [0.25, 0.3) is 0 Å². The molecule has 5 rings (SSSR count). The van der Waals surface area contributed by atoms with Crippen LogP contribution in [0.2, 0.25) is 0 Å². The van der Waals surface area contributed by atoms with Crippen LogP contribution >= 0.6 is 46.2 Å². The second-order valence-electron chi connectivity index (χ2n) is 11.8. The van der Waals surface area contributed by atoms with Crippen molar-refractivity contribution in [2.45, 2.75) is 29.8 Å². The predicted octanol–water partition coefficient (Wildman–Crippen LogP) is -0.831. The number of rotatable bonds is 17. The summed E-state index contributed by atoms with van der Waals surface area (Å²) in [5.74, 6) is -7.17. The van der Waals surface area contributed by atoms with Crippen LogP contribution < -0.4 is 21.7 Å². The van der Waals surface area contributed by atoms with Crippen LogP contribution in [0.1, 0.15) is 18.3 Å². The lowest BCUT2D eigenvalue weighted by molar-refractivity contribution is -0.150. The van der Waals surface area contributed by atoms with Crippen LogP contribution in [0, 0.1) is 5.92 Å². The third kappa shape index (κ3) is 9.65. The number of anilines is 2. The van der Waals surface area contributed by atoms with Crippen molar-refractivity contribution in [2.24, 2.45) is 21.2 Å². The number of amides is 3. The average Bonchev–Trinajstić information content (AvgIpc) is 3.86. The van der Waals surface area contributed by atoms with Crippen LogP contribution in [0.3, 0.4) is 0 Å². The molecule has 58 heavy (non-hydrogen) atoms. The van der Waals surface area contributed by atoms with E-state index in [1.165, 1.54) is 43.7 Å². The molecule has 0 saturated carbocycles. The molecule has 0 aliphatic carbocycles. The van der Waals surface area contributed by atoms with E-state index in [1.807, 2.05) is 0 Å². The van der Waals surface area contributed by atoms with Crippen molar-refractivity contribution in [3.8, 4) is 0 Å². The number of hydrogen-bond donors (Lipinski definition) is 6. The van der Waals surface area contributed by atoms with Gasteiger partial charge in [0.05, 0.1) is 7.11 Å². The molecule has 5 atom stereocenters. The quantitative estimate of drug-likeness (QED) is 0.0489. The first kappa shape index (κ1) is 43.3. The largest absolute Gasteiger partial charge is 0.477 e. The fraction of sp³-hybridized carbons (Fsp3) is 0.419. The monoisotopic (exact) mass is 882 g/mol. The molecular weight excluding hydrogens is 849 g/mol. The van der Waals surface area contributed by atoms with Gasteiger partial charge < -0.3 is 51.0 Å². The number of nitrogens with zero attached hydrogens (tertiary/aromatic N) is 6. The number of ether oxygens (including phenoxy) is 2. The van der Waals surface area contributed by atoms with Crippen molar-refractivity contribution < 1.29 is 62.9 Å². The molecule has 7 N–H and O–H groups in total. The lowest BCUT2D eigenvalue weighted by Crippen LogP contribution is -2.71. The SMILES string of the molecule is CO/N=C(\C(=O)NC(C(=O)OC)C1N=C(C(=O)O)C(CNc2nc(/C(=N/OC)C(=O)NC3C(=O)N4C(C(=O)O)=C(COC(C)=O)CSC34)cs2)CS1)c1csc(N)n1. The van der Waals surface area contributed by atoms with Crippen LogP contribution in [-0.2, 0) is 52.7 Å². The number of thioether (sulfide) groups is 2. The van der Waals surface area contributed by atoms with Gasteiger partial charge in [-0.15, -0.1) is 46.2 Å². The number of nitrogens with one attached hydrogen (secondary N) is 3. The maximum absolute atomic E-state index is 13.4. The Balaban J connectivity index is 1.24. The van der Waals surface area contributed by atoms with Gasteiger partial charge in [0.2, 0.25) is 0 Å². The minimum Gasteiger partial charge on any atom is -0.477 e. The van der Waals surface area contributed by atoms with Crippen LogP contribution in [0.4, 0.5) is 10.3 Å². The van der Waals surface area contributed by atoms with E-state index in [4.69, 9.17) is 24.9 Å². The summed E-state index contributed by atoms with van der Waals surface area (Å²) in [6.45, 7) is 0.863. The molecule has 0 aromatic carbocycles. The van der Waals surface area contributed by atoms with Gasteiger partial charge in [-0.05, 0) is 0 Å². The number of methoxy groups -OCH3 is 1. The first-order valence-electron chi connectivity index (χ1n) is 16.5. The van der Waals surface area contributed by atoms with Crippen LogP contribution in [0.15, 0.2) is 37.3 Å². The molecule has 5 heterocycles. The van der Waals surface area contributed by atoms with E-state index in [0.29, 0.717) is 0 Å². The topological polar surface area (TPSA) is 325 Å². The fourth-order valence-electron chi connectivity index (χ4n) is 5.57. The van der Waals surface area contributed by atoms with Crippen molar-refractivity contribution in [3.05, 3.63) is 33.4 Å². The predicted molar refractivity (Wildman–Crippen MR) is 209 cm³/mol. The summed E-state index contributed by atoms with van der Waals surface area (Å²) in [5.41, 5.74) is 4.83. The van der Waals surface area contributed by atoms with Crippen LogP contribution in [0.5, 0.6) is 0 Å². The minimum absolute atomic E-state index is 0.00388. The van der Waals surface area contributed by atoms with E-state index in [-0.39, 0.29) is 74.7 Å². The number of carbonyl (C=O) groups excluding carboxylic acids is 5. The molecule has 2 aromatic heterocycles. The van der Waals surface area contributed by atoms with Gasteiger partial charge in [-0.3, -0.25) is 29.1 Å². The number of esters is 2. The molecular formula is C31H34N10O13S4. The van der Waals surface area contributed by atoms with Crippen LogP contribution in [-0.4, -0.2) is 153 Å². The zero-order valence-electron chi connectivity index (χ0n) is 30.6. The number of aromatic nitrogens is 2. The van der Waals surface area contributed by atoms with E-state index in [9.17, 15) is 43.8 Å². The summed E-state index contributed by atoms with van der Waals surface area (Å²) < 4.78 is 9.82. The Bertz CT molecular complexity index is 2120. The number of β-lactam (4-membered cyclic amide) rings is 1. The van der Waals surface area contributed by atoms with E-state index >= 15 is 0 Å². The standard InChI is InChI=1S/C31H34N10O13S4/c1-11(42)54-6-13-8-56-26-20(25(45)41(26)21(13)28(48)49)37-23(44)18(40-53-4)15-10-58-31(35-15)33-5-12-7-55-24(38-16(12)27(46)47)19(29(50)51-2)36-22(43)17(39-52-3)14-9-57-30(32)34-14/h9-10,12,19-20,24,26H,5-8H2,1-4H3,(H2,32,34)(H,33,35)(H,36,43)(H,37,44)(H,46,47)(H,48,49)/b39-17-,40-18-. The molecule has 27 heteroatoms. The van der Waals surface area contributed by atoms with Crippen molar-refractivity contribution in [2.75, 3.05) is 57.0 Å². The lowest BCUT2D eigenvalue weighted by atomic mass is 10.0. The molecule has 1 saturated heterocycles. The Kier molecular flexibility index (Phi) is 14.3. The minimum atomic E-state index is -1.44. The number of nitrogens with two attached hydrogens (primary N) is 1. The van der Waals surface area contributed by atoms with Gasteiger partial charge in [0.15, 0.2) is 27.7 Å². The number of hydrogen-bond acceptors (Lipinski definition) is 22. The highest BCUT2D eigenvalue weighted by molar-refractivity contribution is 8.00. The molecule has 5 unspecified atom stereocenters. The molecule has 310 valence electrons. The van der Waals surface area contributed by atoms with Crippen molar-refractivity contribution in [1.82, 2.24) is 25.5 Å². The summed E-state index contributed by atoms with van der Waals surface area (Å²) in [6, 6.07) is -2.56. The highest BCUT2D eigenvalue weighted by atomic mass is 32.2. The van der Waals surface area contributed by atoms with E-state index in [1.54, 1.807) is 0 Å². The van der Waals surface area contributed by atoms with Crippen molar-refractivity contribution >= 4 is 115 Å². The van der Waals surface area contributed by atoms with Crippen molar-refractivity contribution in [1.29, 1.82) is 0 Å². The van der Waals surface area contributed by atoms with Crippen molar-refractivity contribution in [3.63, 3.8) is 0 Å². The molecule has 2 aromatic rings. The van der Waals surface area contributed by atoms with Gasteiger partial charge in [-0.2, -0.15) is 0 Å². The third-order valence-electron chi connectivity index (χ3n) is 8.16. The number of aliphatic imine (C=N–C) groups is 1. The van der Waals surface area contributed by atoms with Gasteiger partial charge in [-0.25, -0.2) is 24.4 Å².